The summed E-state index contributed by atoms with van der Waals surface area (Å²) < 4.78 is 45.9. The normalized spacial score (nSPS) is 11.7. The predicted molar refractivity (Wildman–Crippen MR) is 251 cm³/mol. The molecular formula is C52H89NaO7S. The Morgan fingerprint density at radius 1 is 0.443 bits per heavy atom. The fraction of sp³-hybridized carbons (Fsp3) is 0.769. The number of unbranched alkanes of at least 4 members (excludes halogenated alkanes) is 32. The molecule has 0 radical (unpaired) electrons. The summed E-state index contributed by atoms with van der Waals surface area (Å²) in [6.45, 7) is 4.84. The van der Waals surface area contributed by atoms with Crippen molar-refractivity contribution in [3.8, 4) is 0 Å². The van der Waals surface area contributed by atoms with Crippen LogP contribution in [0.3, 0.4) is 0 Å². The summed E-state index contributed by atoms with van der Waals surface area (Å²) in [6.07, 6.45) is 53.9. The maximum absolute atomic E-state index is 13.0. The quantitative estimate of drug-likeness (QED) is 0.0211. The molecule has 0 aliphatic heterocycles. The maximum atomic E-state index is 13.0. The summed E-state index contributed by atoms with van der Waals surface area (Å²) in [5, 5.41) is 0. The van der Waals surface area contributed by atoms with Crippen molar-refractivity contribution in [3.05, 3.63) is 53.6 Å². The Kier molecular flexibility index (Phi) is 42.7. The molecule has 0 aliphatic carbocycles. The van der Waals surface area contributed by atoms with Crippen LogP contribution < -0.4 is 29.6 Å². The molecule has 0 aliphatic rings. The Labute approximate surface area is 397 Å². The van der Waals surface area contributed by atoms with Crippen LogP contribution in [0.1, 0.15) is 266 Å². The van der Waals surface area contributed by atoms with Crippen molar-refractivity contribution in [2.75, 3.05) is 13.2 Å². The monoisotopic (exact) mass is 881 g/mol. The summed E-state index contributed by atoms with van der Waals surface area (Å²) in [7, 11) is -4.83. The molecule has 0 bridgehead atoms. The van der Waals surface area contributed by atoms with Crippen LogP contribution in [0.15, 0.2) is 47.4 Å². The smallest absolute Gasteiger partial charge is 0.744 e. The van der Waals surface area contributed by atoms with E-state index in [4.69, 9.17) is 9.47 Å². The van der Waals surface area contributed by atoms with Crippen LogP contribution in [0.25, 0.3) is 0 Å². The molecule has 0 aromatic heterocycles. The Hall–Kier alpha value is -1.45. The summed E-state index contributed by atoms with van der Waals surface area (Å²) in [6, 6.07) is 3.11. The van der Waals surface area contributed by atoms with Crippen molar-refractivity contribution in [2.24, 2.45) is 0 Å². The zero-order valence-corrected chi connectivity index (χ0v) is 42.5. The van der Waals surface area contributed by atoms with E-state index in [0.29, 0.717) is 12.8 Å². The molecule has 0 saturated heterocycles. The number of carbonyl (C=O) groups is 2. The molecule has 0 heterocycles. The first kappa shape index (κ1) is 59.5. The molecule has 7 nitrogen and oxygen atoms in total. The summed E-state index contributed by atoms with van der Waals surface area (Å²) in [5.74, 6) is -1.58. The Bertz CT molecular complexity index is 1340. The van der Waals surface area contributed by atoms with Crippen LogP contribution in [0.4, 0.5) is 0 Å². The molecule has 0 saturated carbocycles. The van der Waals surface area contributed by atoms with Gasteiger partial charge in [0, 0.05) is 0 Å². The van der Waals surface area contributed by atoms with Gasteiger partial charge in [-0.3, -0.25) is 0 Å². The van der Waals surface area contributed by atoms with Gasteiger partial charge < -0.3 is 14.0 Å². The summed E-state index contributed by atoms with van der Waals surface area (Å²) in [4.78, 5) is 25.3. The minimum absolute atomic E-state index is 0. The van der Waals surface area contributed by atoms with Crippen LogP contribution in [-0.2, 0) is 19.6 Å². The van der Waals surface area contributed by atoms with Crippen molar-refractivity contribution in [1.29, 1.82) is 0 Å². The topological polar surface area (TPSA) is 110 Å². The van der Waals surface area contributed by atoms with Gasteiger partial charge in [0.25, 0.3) is 0 Å². The zero-order valence-electron chi connectivity index (χ0n) is 39.7. The number of carbonyl (C=O) groups excluding carboxylic acids is 2. The van der Waals surface area contributed by atoms with Gasteiger partial charge in [0.15, 0.2) is 0 Å². The van der Waals surface area contributed by atoms with E-state index in [9.17, 15) is 22.6 Å². The Morgan fingerprint density at radius 3 is 1.03 bits per heavy atom. The van der Waals surface area contributed by atoms with E-state index in [1.54, 1.807) is 0 Å². The third-order valence-electron chi connectivity index (χ3n) is 11.5. The molecule has 61 heavy (non-hydrogen) atoms. The van der Waals surface area contributed by atoms with E-state index in [-0.39, 0.29) is 53.9 Å². The Balaban J connectivity index is 0.0000360. The van der Waals surface area contributed by atoms with Crippen LogP contribution in [0.2, 0.25) is 0 Å². The third kappa shape index (κ3) is 36.6. The number of rotatable bonds is 43. The molecule has 9 heteroatoms. The van der Waals surface area contributed by atoms with E-state index in [1.807, 2.05) is 0 Å². The molecule has 346 valence electrons. The second kappa shape index (κ2) is 43.8. The summed E-state index contributed by atoms with van der Waals surface area (Å²) >= 11 is 0. The maximum Gasteiger partial charge on any atom is 1.00 e. The predicted octanol–water partition coefficient (Wildman–Crippen LogP) is 13.1. The van der Waals surface area contributed by atoms with Crippen LogP contribution in [0, 0.1) is 0 Å². The van der Waals surface area contributed by atoms with Crippen LogP contribution >= 0.6 is 0 Å². The molecule has 1 aromatic rings. The number of benzene rings is 1. The van der Waals surface area contributed by atoms with Gasteiger partial charge in [0.1, 0.15) is 10.1 Å². The van der Waals surface area contributed by atoms with Gasteiger partial charge in [-0.2, -0.15) is 0 Å². The van der Waals surface area contributed by atoms with Gasteiger partial charge in [-0.1, -0.05) is 205 Å². The first-order chi connectivity index (χ1) is 29.3. The van der Waals surface area contributed by atoms with Crippen molar-refractivity contribution in [2.45, 2.75) is 250 Å². The van der Waals surface area contributed by atoms with E-state index >= 15 is 0 Å². The first-order valence-electron chi connectivity index (χ1n) is 25.0. The van der Waals surface area contributed by atoms with Gasteiger partial charge in [-0.25, -0.2) is 18.0 Å². The molecule has 1 aromatic carbocycles. The number of ether oxygens (including phenoxy) is 2. The number of hydrogen-bond donors (Lipinski definition) is 0. The van der Waals surface area contributed by atoms with Crippen molar-refractivity contribution in [1.82, 2.24) is 0 Å². The molecule has 1 rings (SSSR count). The van der Waals surface area contributed by atoms with E-state index in [2.05, 4.69) is 38.2 Å². The molecule has 0 spiro atoms. The second-order valence-corrected chi connectivity index (χ2v) is 18.5. The van der Waals surface area contributed by atoms with Crippen molar-refractivity contribution >= 4 is 22.1 Å². The number of esters is 2. The molecule has 0 N–H and O–H groups in total. The minimum Gasteiger partial charge on any atom is -0.744 e. The molecule has 0 amide bonds. The summed E-state index contributed by atoms with van der Waals surface area (Å²) in [5.41, 5.74) is -0.372. The minimum atomic E-state index is -4.83. The average Bonchev–Trinajstić information content (AvgIpc) is 3.24. The van der Waals surface area contributed by atoms with Gasteiger partial charge >= 0.3 is 41.5 Å². The fourth-order valence-electron chi connectivity index (χ4n) is 7.62. The van der Waals surface area contributed by atoms with Gasteiger partial charge in [0.05, 0.1) is 29.2 Å². The van der Waals surface area contributed by atoms with Crippen molar-refractivity contribution < 1.29 is 61.6 Å². The molecular weight excluding hydrogens is 792 g/mol. The molecule has 0 atom stereocenters. The average molecular weight is 881 g/mol. The second-order valence-electron chi connectivity index (χ2n) is 17.1. The van der Waals surface area contributed by atoms with Crippen LogP contribution in [-0.4, -0.2) is 38.1 Å². The van der Waals surface area contributed by atoms with Crippen LogP contribution in [0.5, 0.6) is 0 Å². The SMILES string of the molecule is CCCCCCCCCCCCCCCC/C=C/CCCCOC(=O)c1ccc(S(=O)(=O)[O-])cc1C(=O)OCCCC/C=C/CCCCCCCCCCCCCCCC.[Na+]. The van der Waals surface area contributed by atoms with Gasteiger partial charge in [0.2, 0.25) is 0 Å². The Morgan fingerprint density at radius 2 is 0.721 bits per heavy atom. The number of allylic oxidation sites excluding steroid dienone is 4. The van der Waals surface area contributed by atoms with E-state index < -0.39 is 27.0 Å². The van der Waals surface area contributed by atoms with Gasteiger partial charge in [-0.05, 0) is 82.4 Å². The van der Waals surface area contributed by atoms with Crippen molar-refractivity contribution in [3.63, 3.8) is 0 Å². The van der Waals surface area contributed by atoms with Gasteiger partial charge in [-0.15, -0.1) is 0 Å². The third-order valence-corrected chi connectivity index (χ3v) is 12.3. The zero-order chi connectivity index (χ0) is 43.6. The first-order valence-corrected chi connectivity index (χ1v) is 26.5. The largest absolute Gasteiger partial charge is 1.00 e. The fourth-order valence-corrected chi connectivity index (χ4v) is 8.12. The van der Waals surface area contributed by atoms with E-state index in [1.165, 1.54) is 180 Å². The number of hydrogen-bond acceptors (Lipinski definition) is 7. The van der Waals surface area contributed by atoms with E-state index in [0.717, 1.165) is 56.7 Å². The molecule has 0 fully saturated rings. The molecule has 0 unspecified atom stereocenters. The standard InChI is InChI=1S/C52H90O7S.Na/c1-3-5-7-9-11-13-15-17-19-21-23-25-27-29-31-33-35-37-39-41-45-58-51(53)49-44-43-48(60(55,56)57)47-50(49)52(54)59-46-42-40-38-36-34-32-30-28-26-24-22-20-18-16-14-12-10-8-6-4-2;/h33-36,43-44,47H,3-32,37-42,45-46H2,1-2H3,(H,55,56,57);/q;+1/p-1/b35-33+,36-34+;.